The average Bonchev–Trinajstić information content (AvgIpc) is 2.95. The molecule has 10 heteroatoms. The Bertz CT molecular complexity index is 699. The molecular formula is C15H22N4O5S. The minimum atomic E-state index is -3.43. The van der Waals surface area contributed by atoms with Crippen LogP contribution in [0.25, 0.3) is 0 Å². The van der Waals surface area contributed by atoms with Crippen LogP contribution >= 0.6 is 0 Å². The number of urea groups is 1. The summed E-state index contributed by atoms with van der Waals surface area (Å²) in [6.07, 6.45) is 2.84. The quantitative estimate of drug-likeness (QED) is 0.799. The number of carbonyl (C=O) groups excluding carboxylic acids is 1. The van der Waals surface area contributed by atoms with Gasteiger partial charge in [0.25, 0.3) is 0 Å². The Balaban J connectivity index is 1.72. The minimum Gasteiger partial charge on any atom is -0.383 e. The molecule has 0 bridgehead atoms. The van der Waals surface area contributed by atoms with E-state index in [2.05, 4.69) is 10.3 Å². The molecule has 25 heavy (non-hydrogen) atoms. The molecule has 0 aromatic carbocycles. The molecule has 2 aliphatic rings. The maximum atomic E-state index is 12.5. The zero-order valence-corrected chi connectivity index (χ0v) is 14.8. The van der Waals surface area contributed by atoms with Crippen LogP contribution in [0.3, 0.4) is 0 Å². The Kier molecular flexibility index (Phi) is 5.52. The molecule has 0 aliphatic carbocycles. The van der Waals surface area contributed by atoms with Crippen molar-refractivity contribution < 1.29 is 22.7 Å². The second-order valence-electron chi connectivity index (χ2n) is 5.97. The number of pyridine rings is 1. The van der Waals surface area contributed by atoms with Gasteiger partial charge in [-0.1, -0.05) is 0 Å². The molecule has 1 N–H and O–H groups in total. The van der Waals surface area contributed by atoms with Crippen molar-refractivity contribution in [3.8, 4) is 0 Å². The molecule has 0 spiro atoms. The number of likely N-dealkylation sites (tertiary alicyclic amines) is 1. The number of methoxy groups -OCH3 is 1. The predicted octanol–water partition coefficient (Wildman–Crippen LogP) is -0.0253. The highest BCUT2D eigenvalue weighted by Gasteiger charge is 2.45. The van der Waals surface area contributed by atoms with Gasteiger partial charge in [-0.25, -0.2) is 13.2 Å². The number of sulfonamides is 1. The third kappa shape index (κ3) is 4.09. The van der Waals surface area contributed by atoms with Crippen LogP contribution in [0.4, 0.5) is 10.5 Å². The zero-order chi connectivity index (χ0) is 17.9. The van der Waals surface area contributed by atoms with Crippen molar-refractivity contribution in [1.82, 2.24) is 14.2 Å². The summed E-state index contributed by atoms with van der Waals surface area (Å²) in [5.74, 6) is -0.0500. The van der Waals surface area contributed by atoms with E-state index in [1.165, 1.54) is 11.4 Å². The summed E-state index contributed by atoms with van der Waals surface area (Å²) in [7, 11) is -1.91. The fourth-order valence-corrected chi connectivity index (χ4v) is 4.63. The van der Waals surface area contributed by atoms with Crippen LogP contribution in [-0.4, -0.2) is 86.5 Å². The third-order valence-electron chi connectivity index (χ3n) is 4.35. The van der Waals surface area contributed by atoms with Gasteiger partial charge in [0.15, 0.2) is 0 Å². The molecule has 2 atom stereocenters. The van der Waals surface area contributed by atoms with Gasteiger partial charge in [0, 0.05) is 26.4 Å². The Morgan fingerprint density at radius 2 is 2.32 bits per heavy atom. The largest absolute Gasteiger partial charge is 0.383 e. The van der Waals surface area contributed by atoms with Crippen molar-refractivity contribution in [2.75, 3.05) is 51.0 Å². The predicted molar refractivity (Wildman–Crippen MR) is 90.7 cm³/mol. The molecule has 2 saturated heterocycles. The molecule has 0 radical (unpaired) electrons. The Morgan fingerprint density at radius 1 is 1.48 bits per heavy atom. The molecule has 9 nitrogen and oxygen atoms in total. The van der Waals surface area contributed by atoms with Crippen molar-refractivity contribution in [2.24, 2.45) is 0 Å². The standard InChI is InChI=1S/C15H22N4O5S/c1-23-6-5-19-13-10-18(11-14(13)24-7-8-25(19,21)22)15(20)17-12-3-2-4-16-9-12/h2-4,9,13-14H,5-8,10-11H2,1H3,(H,17,20)/t13-,14+/m1/s1. The topological polar surface area (TPSA) is 101 Å². The number of aromatic nitrogens is 1. The van der Waals surface area contributed by atoms with Crippen LogP contribution < -0.4 is 5.32 Å². The Morgan fingerprint density at radius 3 is 3.04 bits per heavy atom. The third-order valence-corrected chi connectivity index (χ3v) is 6.20. The van der Waals surface area contributed by atoms with E-state index in [9.17, 15) is 13.2 Å². The van der Waals surface area contributed by atoms with Crippen LogP contribution in [0.1, 0.15) is 0 Å². The second-order valence-corrected chi connectivity index (χ2v) is 8.01. The first-order valence-corrected chi connectivity index (χ1v) is 9.68. The van der Waals surface area contributed by atoms with Gasteiger partial charge in [-0.2, -0.15) is 4.31 Å². The number of rotatable bonds is 4. The van der Waals surface area contributed by atoms with Gasteiger partial charge in [-0.15, -0.1) is 0 Å². The fraction of sp³-hybridized carbons (Fsp3) is 0.600. The minimum absolute atomic E-state index is 0.0500. The van der Waals surface area contributed by atoms with Gasteiger partial charge in [-0.3, -0.25) is 4.98 Å². The molecule has 2 aliphatic heterocycles. The maximum absolute atomic E-state index is 12.5. The maximum Gasteiger partial charge on any atom is 0.322 e. The van der Waals surface area contributed by atoms with Gasteiger partial charge in [0.05, 0.1) is 49.5 Å². The Labute approximate surface area is 147 Å². The number of fused-ring (bicyclic) bond motifs is 1. The second kappa shape index (κ2) is 7.65. The van der Waals surface area contributed by atoms with Gasteiger partial charge in [0.1, 0.15) is 0 Å². The molecule has 0 saturated carbocycles. The molecule has 1 aromatic rings. The molecule has 2 amide bonds. The first-order chi connectivity index (χ1) is 12.0. The van der Waals surface area contributed by atoms with Crippen molar-refractivity contribution in [3.63, 3.8) is 0 Å². The lowest BCUT2D eigenvalue weighted by Crippen LogP contribution is -2.47. The van der Waals surface area contributed by atoms with E-state index >= 15 is 0 Å². The molecule has 138 valence electrons. The molecule has 3 rings (SSSR count). The van der Waals surface area contributed by atoms with Crippen LogP contribution in [0.15, 0.2) is 24.5 Å². The monoisotopic (exact) mass is 370 g/mol. The number of nitrogens with one attached hydrogen (secondary N) is 1. The summed E-state index contributed by atoms with van der Waals surface area (Å²) < 4.78 is 37.1. The van der Waals surface area contributed by atoms with Crippen LogP contribution in [0.5, 0.6) is 0 Å². The van der Waals surface area contributed by atoms with Crippen molar-refractivity contribution in [2.45, 2.75) is 12.1 Å². The normalized spacial score (nSPS) is 26.0. The van der Waals surface area contributed by atoms with E-state index in [1.54, 1.807) is 29.4 Å². The number of ether oxygens (including phenoxy) is 2. The van der Waals surface area contributed by atoms with Crippen LogP contribution in [0, 0.1) is 0 Å². The van der Waals surface area contributed by atoms with Gasteiger partial charge in [-0.05, 0) is 12.1 Å². The van der Waals surface area contributed by atoms with Crippen molar-refractivity contribution in [3.05, 3.63) is 24.5 Å². The SMILES string of the molecule is COCCN1[C@@H]2CN(C(=O)Nc3cccnc3)C[C@@H]2OCCS1(=O)=O. The molecule has 2 fully saturated rings. The lowest BCUT2D eigenvalue weighted by molar-refractivity contribution is 0.0443. The highest BCUT2D eigenvalue weighted by Crippen LogP contribution is 2.25. The van der Waals surface area contributed by atoms with E-state index in [4.69, 9.17) is 9.47 Å². The number of anilines is 1. The van der Waals surface area contributed by atoms with E-state index in [0.29, 0.717) is 18.8 Å². The van der Waals surface area contributed by atoms with Crippen LogP contribution in [-0.2, 0) is 19.5 Å². The summed E-state index contributed by atoms with van der Waals surface area (Å²) in [4.78, 5) is 18.0. The van der Waals surface area contributed by atoms with E-state index < -0.39 is 16.1 Å². The number of carbonyl (C=O) groups is 1. The summed E-state index contributed by atoms with van der Waals surface area (Å²) in [5.41, 5.74) is 0.587. The number of hydrogen-bond donors (Lipinski definition) is 1. The summed E-state index contributed by atoms with van der Waals surface area (Å²) >= 11 is 0. The van der Waals surface area contributed by atoms with Gasteiger partial charge >= 0.3 is 6.03 Å². The van der Waals surface area contributed by atoms with E-state index in [0.717, 1.165) is 0 Å². The van der Waals surface area contributed by atoms with Gasteiger partial charge in [0.2, 0.25) is 10.0 Å². The van der Waals surface area contributed by atoms with E-state index in [-0.39, 0.29) is 37.6 Å². The smallest absolute Gasteiger partial charge is 0.322 e. The van der Waals surface area contributed by atoms with Gasteiger partial charge < -0.3 is 19.7 Å². The fourth-order valence-electron chi connectivity index (χ4n) is 3.12. The van der Waals surface area contributed by atoms with Crippen molar-refractivity contribution in [1.29, 1.82) is 0 Å². The lowest BCUT2D eigenvalue weighted by Gasteiger charge is -2.27. The first kappa shape index (κ1) is 18.1. The number of nitrogens with zero attached hydrogens (tertiary/aromatic N) is 3. The Hall–Kier alpha value is -1.75. The molecule has 1 aromatic heterocycles. The van der Waals surface area contributed by atoms with E-state index in [1.807, 2.05) is 0 Å². The molecular weight excluding hydrogens is 348 g/mol. The van der Waals surface area contributed by atoms with Crippen molar-refractivity contribution >= 4 is 21.7 Å². The number of hydrogen-bond acceptors (Lipinski definition) is 6. The summed E-state index contributed by atoms with van der Waals surface area (Å²) in [5, 5.41) is 2.76. The summed E-state index contributed by atoms with van der Waals surface area (Å²) in [6.45, 7) is 1.30. The van der Waals surface area contributed by atoms with Crippen LogP contribution in [0.2, 0.25) is 0 Å². The first-order valence-electron chi connectivity index (χ1n) is 8.07. The average molecular weight is 370 g/mol. The lowest BCUT2D eigenvalue weighted by atomic mass is 10.2. The highest BCUT2D eigenvalue weighted by molar-refractivity contribution is 7.89. The molecule has 3 heterocycles. The number of amides is 2. The zero-order valence-electron chi connectivity index (χ0n) is 14.0. The summed E-state index contributed by atoms with van der Waals surface area (Å²) in [6, 6.07) is 2.77. The highest BCUT2D eigenvalue weighted by atomic mass is 32.2. The molecule has 0 unspecified atom stereocenters.